The quantitative estimate of drug-likeness (QED) is 0.758. The SMILES string of the molecule is COCC1(CC(=O)N(C)C2CCN(C(=O)CC(C)(C)O)C2)CC1. The summed E-state index contributed by atoms with van der Waals surface area (Å²) in [7, 11) is 3.51. The third-order valence-electron chi connectivity index (χ3n) is 4.97. The summed E-state index contributed by atoms with van der Waals surface area (Å²) in [5, 5.41) is 9.77. The maximum Gasteiger partial charge on any atom is 0.225 e. The summed E-state index contributed by atoms with van der Waals surface area (Å²) in [6.45, 7) is 5.14. The molecular weight excluding hydrogens is 296 g/mol. The molecule has 2 fully saturated rings. The van der Waals surface area contributed by atoms with Gasteiger partial charge in [0.15, 0.2) is 0 Å². The lowest BCUT2D eigenvalue weighted by molar-refractivity contribution is -0.137. The lowest BCUT2D eigenvalue weighted by atomic mass is 10.0. The van der Waals surface area contributed by atoms with Crippen LogP contribution in [0.15, 0.2) is 0 Å². The van der Waals surface area contributed by atoms with Gasteiger partial charge in [0.2, 0.25) is 11.8 Å². The summed E-state index contributed by atoms with van der Waals surface area (Å²) in [5.74, 6) is 0.0974. The van der Waals surface area contributed by atoms with Gasteiger partial charge in [-0.15, -0.1) is 0 Å². The Bertz CT molecular complexity index is 454. The number of hydrogen-bond donors (Lipinski definition) is 1. The number of likely N-dealkylation sites (N-methyl/N-ethyl adjacent to an activating group) is 1. The highest BCUT2D eigenvalue weighted by Crippen LogP contribution is 2.49. The lowest BCUT2D eigenvalue weighted by Crippen LogP contribution is -2.42. The zero-order valence-corrected chi connectivity index (χ0v) is 14.8. The van der Waals surface area contributed by atoms with E-state index in [9.17, 15) is 14.7 Å². The molecule has 0 bridgehead atoms. The van der Waals surface area contributed by atoms with E-state index < -0.39 is 5.60 Å². The van der Waals surface area contributed by atoms with Crippen LogP contribution in [0.5, 0.6) is 0 Å². The Labute approximate surface area is 138 Å². The number of nitrogens with zero attached hydrogens (tertiary/aromatic N) is 2. The van der Waals surface area contributed by atoms with E-state index in [0.717, 1.165) is 19.3 Å². The maximum absolute atomic E-state index is 12.5. The van der Waals surface area contributed by atoms with Crippen LogP contribution in [0.4, 0.5) is 0 Å². The van der Waals surface area contributed by atoms with Crippen LogP contribution in [-0.2, 0) is 14.3 Å². The molecule has 2 amide bonds. The second-order valence-corrected chi connectivity index (χ2v) is 7.89. The first-order chi connectivity index (χ1) is 10.7. The van der Waals surface area contributed by atoms with Crippen molar-refractivity contribution in [3.05, 3.63) is 0 Å². The van der Waals surface area contributed by atoms with E-state index in [2.05, 4.69) is 0 Å². The molecule has 1 aliphatic carbocycles. The Balaban J connectivity index is 1.83. The highest BCUT2D eigenvalue weighted by molar-refractivity contribution is 5.79. The van der Waals surface area contributed by atoms with Crippen LogP contribution in [0, 0.1) is 5.41 Å². The Morgan fingerprint density at radius 1 is 1.39 bits per heavy atom. The lowest BCUT2D eigenvalue weighted by Gasteiger charge is -2.27. The van der Waals surface area contributed by atoms with Crippen LogP contribution in [-0.4, -0.2) is 72.2 Å². The average molecular weight is 326 g/mol. The molecule has 1 saturated heterocycles. The molecule has 23 heavy (non-hydrogen) atoms. The van der Waals surface area contributed by atoms with Crippen molar-refractivity contribution in [2.24, 2.45) is 5.41 Å². The number of ether oxygens (including phenoxy) is 1. The van der Waals surface area contributed by atoms with Crippen molar-refractivity contribution in [2.75, 3.05) is 33.9 Å². The molecule has 0 aromatic rings. The number of hydrogen-bond acceptors (Lipinski definition) is 4. The first kappa shape index (κ1) is 18.2. The molecule has 1 aliphatic heterocycles. The summed E-state index contributed by atoms with van der Waals surface area (Å²) in [6, 6.07) is 0.0756. The molecule has 6 nitrogen and oxygen atoms in total. The van der Waals surface area contributed by atoms with Crippen LogP contribution in [0.2, 0.25) is 0 Å². The van der Waals surface area contributed by atoms with Crippen molar-refractivity contribution in [3.63, 3.8) is 0 Å². The molecule has 0 spiro atoms. The maximum atomic E-state index is 12.5. The zero-order valence-electron chi connectivity index (χ0n) is 14.8. The molecule has 2 rings (SSSR count). The van der Waals surface area contributed by atoms with E-state index in [0.29, 0.717) is 26.1 Å². The molecule has 1 atom stereocenters. The van der Waals surface area contributed by atoms with E-state index in [1.165, 1.54) is 0 Å². The molecule has 0 aromatic carbocycles. The highest BCUT2D eigenvalue weighted by atomic mass is 16.5. The Hall–Kier alpha value is -1.14. The van der Waals surface area contributed by atoms with Crippen LogP contribution in [0.3, 0.4) is 0 Å². The molecule has 1 saturated carbocycles. The van der Waals surface area contributed by atoms with Crippen LogP contribution < -0.4 is 0 Å². The van der Waals surface area contributed by atoms with Crippen LogP contribution in [0.25, 0.3) is 0 Å². The smallest absolute Gasteiger partial charge is 0.225 e. The van der Waals surface area contributed by atoms with Crippen LogP contribution in [0.1, 0.15) is 46.0 Å². The van der Waals surface area contributed by atoms with Gasteiger partial charge in [-0.05, 0) is 33.1 Å². The molecule has 1 heterocycles. The van der Waals surface area contributed by atoms with Gasteiger partial charge in [0.25, 0.3) is 0 Å². The summed E-state index contributed by atoms with van der Waals surface area (Å²) >= 11 is 0. The molecule has 1 N–H and O–H groups in total. The monoisotopic (exact) mass is 326 g/mol. The van der Waals surface area contributed by atoms with Crippen molar-refractivity contribution >= 4 is 11.8 Å². The van der Waals surface area contributed by atoms with E-state index in [4.69, 9.17) is 4.74 Å². The van der Waals surface area contributed by atoms with Gasteiger partial charge in [0, 0.05) is 39.1 Å². The highest BCUT2D eigenvalue weighted by Gasteiger charge is 2.45. The second kappa shape index (κ2) is 6.77. The van der Waals surface area contributed by atoms with E-state index in [1.54, 1.807) is 30.8 Å². The standard InChI is InChI=1S/C17H30N2O4/c1-16(2,22)9-15(21)19-8-5-13(11-19)18(3)14(20)10-17(6-7-17)12-23-4/h13,22H,5-12H2,1-4H3. The second-order valence-electron chi connectivity index (χ2n) is 7.89. The predicted octanol–water partition coefficient (Wildman–Crippen LogP) is 1.02. The first-order valence-electron chi connectivity index (χ1n) is 8.41. The van der Waals surface area contributed by atoms with Crippen LogP contribution >= 0.6 is 0 Å². The third-order valence-corrected chi connectivity index (χ3v) is 4.97. The van der Waals surface area contributed by atoms with Crippen molar-refractivity contribution in [1.29, 1.82) is 0 Å². The molecule has 0 radical (unpaired) electrons. The van der Waals surface area contributed by atoms with Crippen molar-refractivity contribution in [3.8, 4) is 0 Å². The van der Waals surface area contributed by atoms with Gasteiger partial charge < -0.3 is 19.6 Å². The zero-order chi connectivity index (χ0) is 17.3. The fourth-order valence-electron chi connectivity index (χ4n) is 3.27. The van der Waals surface area contributed by atoms with Crippen molar-refractivity contribution in [1.82, 2.24) is 9.80 Å². The van der Waals surface area contributed by atoms with Gasteiger partial charge in [-0.25, -0.2) is 0 Å². The number of methoxy groups -OCH3 is 1. The fourth-order valence-corrected chi connectivity index (χ4v) is 3.27. The van der Waals surface area contributed by atoms with Gasteiger partial charge in [0.05, 0.1) is 24.7 Å². The molecule has 6 heteroatoms. The van der Waals surface area contributed by atoms with Gasteiger partial charge in [-0.1, -0.05) is 0 Å². The minimum atomic E-state index is -0.991. The molecule has 0 aromatic heterocycles. The van der Waals surface area contributed by atoms with Gasteiger partial charge in [-0.3, -0.25) is 9.59 Å². The summed E-state index contributed by atoms with van der Waals surface area (Å²) in [5.41, 5.74) is -0.940. The van der Waals surface area contributed by atoms with E-state index >= 15 is 0 Å². The van der Waals surface area contributed by atoms with Gasteiger partial charge >= 0.3 is 0 Å². The average Bonchev–Trinajstić information content (AvgIpc) is 3.01. The number of carbonyl (C=O) groups excluding carboxylic acids is 2. The number of aliphatic hydroxyl groups is 1. The molecule has 2 aliphatic rings. The summed E-state index contributed by atoms with van der Waals surface area (Å²) in [4.78, 5) is 28.2. The summed E-state index contributed by atoms with van der Waals surface area (Å²) in [6.07, 6.45) is 3.57. The fraction of sp³-hybridized carbons (Fsp3) is 0.882. The number of likely N-dealkylation sites (tertiary alicyclic amines) is 1. The number of rotatable bonds is 7. The summed E-state index contributed by atoms with van der Waals surface area (Å²) < 4.78 is 5.22. The van der Waals surface area contributed by atoms with E-state index in [1.807, 2.05) is 7.05 Å². The third kappa shape index (κ3) is 4.91. The van der Waals surface area contributed by atoms with Crippen molar-refractivity contribution in [2.45, 2.75) is 57.6 Å². The number of carbonyl (C=O) groups is 2. The largest absolute Gasteiger partial charge is 0.390 e. The minimum Gasteiger partial charge on any atom is -0.390 e. The Kier molecular flexibility index (Phi) is 5.36. The molecular formula is C17H30N2O4. The minimum absolute atomic E-state index is 0.0427. The first-order valence-corrected chi connectivity index (χ1v) is 8.41. The van der Waals surface area contributed by atoms with E-state index in [-0.39, 0.29) is 29.7 Å². The Morgan fingerprint density at radius 3 is 2.57 bits per heavy atom. The normalized spacial score (nSPS) is 23.0. The van der Waals surface area contributed by atoms with Gasteiger partial charge in [-0.2, -0.15) is 0 Å². The Morgan fingerprint density at radius 2 is 2.04 bits per heavy atom. The topological polar surface area (TPSA) is 70.1 Å². The van der Waals surface area contributed by atoms with Gasteiger partial charge in [0.1, 0.15) is 0 Å². The molecule has 1 unspecified atom stereocenters. The molecule has 132 valence electrons. The van der Waals surface area contributed by atoms with Crippen molar-refractivity contribution < 1.29 is 19.4 Å². The predicted molar refractivity (Wildman–Crippen MR) is 86.8 cm³/mol. The number of amides is 2.